The van der Waals surface area contributed by atoms with Gasteiger partial charge >= 0.3 is 0 Å². The van der Waals surface area contributed by atoms with Gasteiger partial charge in [-0.15, -0.1) is 0 Å². The molecule has 8 nitrogen and oxygen atoms in total. The zero-order valence-corrected chi connectivity index (χ0v) is 24.1. The van der Waals surface area contributed by atoms with E-state index in [1.807, 2.05) is 23.1 Å². The first-order valence-corrected chi connectivity index (χ1v) is 13.9. The van der Waals surface area contributed by atoms with Crippen LogP contribution in [0.25, 0.3) is 11.1 Å². The Kier molecular flexibility index (Phi) is 9.04. The van der Waals surface area contributed by atoms with E-state index in [2.05, 4.69) is 40.5 Å². The Morgan fingerprint density at radius 2 is 1.40 bits per heavy atom. The van der Waals surface area contributed by atoms with Crippen LogP contribution >= 0.6 is 0 Å². The third-order valence-corrected chi connectivity index (χ3v) is 7.43. The number of nitrogens with one attached hydrogen (secondary N) is 1. The van der Waals surface area contributed by atoms with E-state index < -0.39 is 0 Å². The van der Waals surface area contributed by atoms with E-state index in [-0.39, 0.29) is 11.8 Å². The molecule has 0 aromatic heterocycles. The predicted octanol–water partition coefficient (Wildman–Crippen LogP) is 5.59. The summed E-state index contributed by atoms with van der Waals surface area (Å²) in [6.07, 6.45) is 0. The number of ether oxygens (including phenoxy) is 3. The molecule has 1 fully saturated rings. The Labute approximate surface area is 246 Å². The average Bonchev–Trinajstić information content (AvgIpc) is 3.05. The molecule has 0 spiro atoms. The quantitative estimate of drug-likeness (QED) is 0.285. The number of anilines is 1. The minimum absolute atomic E-state index is 0.0569. The molecule has 0 bridgehead atoms. The van der Waals surface area contributed by atoms with Gasteiger partial charge in [0.05, 0.1) is 21.3 Å². The summed E-state index contributed by atoms with van der Waals surface area (Å²) in [5, 5.41) is 2.88. The number of piperazine rings is 1. The van der Waals surface area contributed by atoms with E-state index in [9.17, 15) is 9.59 Å². The van der Waals surface area contributed by atoms with Crippen molar-refractivity contribution in [2.24, 2.45) is 0 Å². The van der Waals surface area contributed by atoms with Crippen LogP contribution in [-0.4, -0.2) is 69.1 Å². The fourth-order valence-corrected chi connectivity index (χ4v) is 5.09. The predicted molar refractivity (Wildman–Crippen MR) is 164 cm³/mol. The highest BCUT2D eigenvalue weighted by atomic mass is 16.5. The molecule has 2 amide bonds. The zero-order valence-electron chi connectivity index (χ0n) is 24.1. The maximum Gasteiger partial charge on any atom is 0.255 e. The molecule has 0 radical (unpaired) electrons. The first kappa shape index (κ1) is 28.7. The topological polar surface area (TPSA) is 80.3 Å². The Bertz CT molecular complexity index is 1530. The molecule has 0 atom stereocenters. The van der Waals surface area contributed by atoms with Crippen LogP contribution in [-0.2, 0) is 6.54 Å². The fourth-order valence-electron chi connectivity index (χ4n) is 5.09. The van der Waals surface area contributed by atoms with E-state index in [1.165, 1.54) is 14.2 Å². The smallest absolute Gasteiger partial charge is 0.255 e. The summed E-state index contributed by atoms with van der Waals surface area (Å²) in [5.74, 6) is 1.52. The number of methoxy groups -OCH3 is 3. The molecule has 0 aliphatic carbocycles. The summed E-state index contributed by atoms with van der Waals surface area (Å²) in [6.45, 7) is 3.48. The van der Waals surface area contributed by atoms with Gasteiger partial charge in [0, 0.05) is 61.2 Å². The Hall–Kier alpha value is -4.82. The molecule has 4 aromatic carbocycles. The summed E-state index contributed by atoms with van der Waals surface area (Å²) in [6, 6.07) is 28.6. The summed E-state index contributed by atoms with van der Waals surface area (Å²) < 4.78 is 16.3. The van der Waals surface area contributed by atoms with Crippen LogP contribution in [0.3, 0.4) is 0 Å². The minimum Gasteiger partial charge on any atom is -0.497 e. The number of carbonyl (C=O) groups is 2. The van der Waals surface area contributed by atoms with Crippen LogP contribution in [0.1, 0.15) is 26.3 Å². The van der Waals surface area contributed by atoms with Crippen LogP contribution in [0.4, 0.5) is 5.69 Å². The lowest BCUT2D eigenvalue weighted by atomic mass is 10.0. The average molecular weight is 566 g/mol. The highest BCUT2D eigenvalue weighted by molar-refractivity contribution is 6.05. The number of rotatable bonds is 9. The molecular formula is C34H35N3O5. The van der Waals surface area contributed by atoms with E-state index in [4.69, 9.17) is 14.2 Å². The number of amides is 2. The lowest BCUT2D eigenvalue weighted by molar-refractivity contribution is 0.0627. The van der Waals surface area contributed by atoms with Gasteiger partial charge < -0.3 is 24.4 Å². The van der Waals surface area contributed by atoms with Crippen LogP contribution in [0.5, 0.6) is 17.2 Å². The first-order chi connectivity index (χ1) is 20.5. The van der Waals surface area contributed by atoms with E-state index in [1.54, 1.807) is 49.6 Å². The molecule has 1 saturated heterocycles. The van der Waals surface area contributed by atoms with Gasteiger partial charge in [-0.2, -0.15) is 0 Å². The Morgan fingerprint density at radius 1 is 0.690 bits per heavy atom. The minimum atomic E-state index is -0.322. The fraction of sp³-hybridized carbons (Fsp3) is 0.235. The van der Waals surface area contributed by atoms with Gasteiger partial charge in [0.1, 0.15) is 17.2 Å². The van der Waals surface area contributed by atoms with Crippen molar-refractivity contribution in [1.29, 1.82) is 0 Å². The van der Waals surface area contributed by atoms with Crippen LogP contribution < -0.4 is 19.5 Å². The maximum absolute atomic E-state index is 13.4. The molecule has 5 rings (SSSR count). The second-order valence-electron chi connectivity index (χ2n) is 10.1. The van der Waals surface area contributed by atoms with Gasteiger partial charge in [0.2, 0.25) is 0 Å². The molecule has 8 heteroatoms. The largest absolute Gasteiger partial charge is 0.497 e. The van der Waals surface area contributed by atoms with Crippen molar-refractivity contribution in [1.82, 2.24) is 9.80 Å². The zero-order chi connectivity index (χ0) is 29.5. The molecule has 216 valence electrons. The molecule has 1 heterocycles. The normalized spacial score (nSPS) is 13.4. The maximum atomic E-state index is 13.4. The van der Waals surface area contributed by atoms with E-state index in [0.717, 1.165) is 42.1 Å². The highest BCUT2D eigenvalue weighted by Gasteiger charge is 2.23. The number of hydrogen-bond donors (Lipinski definition) is 1. The van der Waals surface area contributed by atoms with Crippen molar-refractivity contribution in [3.8, 4) is 28.4 Å². The van der Waals surface area contributed by atoms with Crippen LogP contribution in [0, 0.1) is 0 Å². The van der Waals surface area contributed by atoms with Crippen molar-refractivity contribution < 1.29 is 23.8 Å². The molecule has 0 saturated carbocycles. The lowest BCUT2D eigenvalue weighted by Crippen LogP contribution is -2.48. The molecule has 42 heavy (non-hydrogen) atoms. The van der Waals surface area contributed by atoms with Gasteiger partial charge in [-0.1, -0.05) is 48.5 Å². The van der Waals surface area contributed by atoms with Gasteiger partial charge in [0.15, 0.2) is 0 Å². The summed E-state index contributed by atoms with van der Waals surface area (Å²) in [5.41, 5.74) is 4.85. The number of carbonyl (C=O) groups excluding carboxylic acids is 2. The van der Waals surface area contributed by atoms with Crippen molar-refractivity contribution in [2.75, 3.05) is 52.8 Å². The molecular weight excluding hydrogens is 530 g/mol. The van der Waals surface area contributed by atoms with Gasteiger partial charge in [-0.3, -0.25) is 14.5 Å². The number of hydrogen-bond acceptors (Lipinski definition) is 6. The monoisotopic (exact) mass is 565 g/mol. The van der Waals surface area contributed by atoms with Crippen molar-refractivity contribution in [2.45, 2.75) is 6.54 Å². The molecule has 1 N–H and O–H groups in total. The van der Waals surface area contributed by atoms with Gasteiger partial charge in [-0.25, -0.2) is 0 Å². The van der Waals surface area contributed by atoms with Crippen molar-refractivity contribution in [3.05, 3.63) is 108 Å². The molecule has 4 aromatic rings. The summed E-state index contributed by atoms with van der Waals surface area (Å²) >= 11 is 0. The highest BCUT2D eigenvalue weighted by Crippen LogP contribution is 2.29. The van der Waals surface area contributed by atoms with Gasteiger partial charge in [-0.05, 0) is 47.5 Å². The molecule has 1 aliphatic heterocycles. The van der Waals surface area contributed by atoms with Crippen molar-refractivity contribution >= 4 is 17.5 Å². The summed E-state index contributed by atoms with van der Waals surface area (Å²) in [4.78, 5) is 30.5. The molecule has 0 unspecified atom stereocenters. The van der Waals surface area contributed by atoms with Crippen molar-refractivity contribution in [3.63, 3.8) is 0 Å². The second kappa shape index (κ2) is 13.2. The molecule has 1 aliphatic rings. The first-order valence-electron chi connectivity index (χ1n) is 13.9. The van der Waals surface area contributed by atoms with E-state index in [0.29, 0.717) is 41.4 Å². The Balaban J connectivity index is 1.19. The third kappa shape index (κ3) is 6.72. The number of benzene rings is 4. The summed E-state index contributed by atoms with van der Waals surface area (Å²) in [7, 11) is 4.77. The van der Waals surface area contributed by atoms with Crippen LogP contribution in [0.2, 0.25) is 0 Å². The van der Waals surface area contributed by atoms with Crippen LogP contribution in [0.15, 0.2) is 91.0 Å². The standard InChI is InChI=1S/C34H35N3O5/c1-40-30-19-28(20-31(22-30)41-2)33(38)35-29-11-7-10-26(18-29)34(39)37-16-14-36(15-17-37)23-27-13-12-25(21-32(27)42-3)24-8-5-4-6-9-24/h4-13,18-22H,14-17,23H2,1-3H3,(H,35,38). The number of nitrogens with zero attached hydrogens (tertiary/aromatic N) is 2. The van der Waals surface area contributed by atoms with Gasteiger partial charge in [0.25, 0.3) is 11.8 Å². The second-order valence-corrected chi connectivity index (χ2v) is 10.1. The van der Waals surface area contributed by atoms with E-state index >= 15 is 0 Å². The SMILES string of the molecule is COc1cc(OC)cc(C(=O)Nc2cccc(C(=O)N3CCN(Cc4ccc(-c5ccccc5)cc4OC)CC3)c2)c1. The lowest BCUT2D eigenvalue weighted by Gasteiger charge is -2.35. The Morgan fingerprint density at radius 3 is 2.07 bits per heavy atom. The third-order valence-electron chi connectivity index (χ3n) is 7.43.